The molecule has 9 nitrogen and oxygen atoms in total. The van der Waals surface area contributed by atoms with Gasteiger partial charge in [0, 0.05) is 24.8 Å². The molecule has 1 aliphatic carbocycles. The van der Waals surface area contributed by atoms with Crippen LogP contribution in [0.3, 0.4) is 0 Å². The molecule has 1 saturated heterocycles. The molecule has 168 valence electrons. The lowest BCUT2D eigenvalue weighted by Crippen LogP contribution is -2.34. The molecule has 2 aromatic rings. The van der Waals surface area contributed by atoms with E-state index in [2.05, 4.69) is 31.9 Å². The van der Waals surface area contributed by atoms with Gasteiger partial charge in [0.2, 0.25) is 21.9 Å². The van der Waals surface area contributed by atoms with Crippen LogP contribution >= 0.6 is 11.8 Å². The van der Waals surface area contributed by atoms with Crippen molar-refractivity contribution < 1.29 is 13.2 Å². The van der Waals surface area contributed by atoms with E-state index in [0.29, 0.717) is 11.7 Å². The van der Waals surface area contributed by atoms with E-state index in [1.165, 1.54) is 36.0 Å². The number of primary sulfonamides is 1. The first kappa shape index (κ1) is 22.1. The first-order chi connectivity index (χ1) is 14.7. The molecule has 1 aliphatic heterocycles. The molecule has 4 rings (SSSR count). The summed E-state index contributed by atoms with van der Waals surface area (Å²) in [4.78, 5) is 15.0. The normalized spacial score (nSPS) is 18.7. The van der Waals surface area contributed by atoms with E-state index in [4.69, 9.17) is 5.14 Å². The number of carbonyl (C=O) groups excluding carboxylic acids is 1. The van der Waals surface area contributed by atoms with Crippen LogP contribution in [-0.4, -0.2) is 47.4 Å². The topological polar surface area (TPSA) is 123 Å². The molecular weight excluding hydrogens is 436 g/mol. The predicted octanol–water partition coefficient (Wildman–Crippen LogP) is 2.62. The molecule has 1 amide bonds. The molecule has 3 N–H and O–H groups in total. The Labute approximate surface area is 186 Å². The number of amides is 1. The Morgan fingerprint density at radius 3 is 2.39 bits per heavy atom. The molecule has 1 saturated carbocycles. The van der Waals surface area contributed by atoms with Crippen molar-refractivity contribution in [1.82, 2.24) is 14.8 Å². The van der Waals surface area contributed by atoms with E-state index < -0.39 is 15.3 Å². The average Bonchev–Trinajstić information content (AvgIpc) is 3.48. The van der Waals surface area contributed by atoms with Gasteiger partial charge in [0.05, 0.1) is 10.1 Å². The van der Waals surface area contributed by atoms with Crippen molar-refractivity contribution in [2.75, 3.05) is 23.3 Å². The van der Waals surface area contributed by atoms with Crippen LogP contribution in [0.1, 0.15) is 45.6 Å². The summed E-state index contributed by atoms with van der Waals surface area (Å²) in [6, 6.07) is 6.21. The fraction of sp³-hybridized carbons (Fsp3) is 0.550. The smallest absolute Gasteiger partial charge is 0.238 e. The van der Waals surface area contributed by atoms with Gasteiger partial charge in [-0.3, -0.25) is 9.36 Å². The van der Waals surface area contributed by atoms with Crippen molar-refractivity contribution in [2.45, 2.75) is 60.9 Å². The fourth-order valence-corrected chi connectivity index (χ4v) is 5.04. The number of hydrogen-bond donors (Lipinski definition) is 2. The second kappa shape index (κ2) is 8.79. The zero-order valence-corrected chi connectivity index (χ0v) is 19.3. The quantitative estimate of drug-likeness (QED) is 0.604. The number of nitrogens with one attached hydrogen (secondary N) is 1. The Hall–Kier alpha value is -2.11. The molecule has 0 bridgehead atoms. The summed E-state index contributed by atoms with van der Waals surface area (Å²) in [5, 5.41) is 17.2. The fourth-order valence-electron chi connectivity index (χ4n) is 3.61. The highest BCUT2D eigenvalue weighted by molar-refractivity contribution is 8.00. The van der Waals surface area contributed by atoms with E-state index >= 15 is 0 Å². The maximum Gasteiger partial charge on any atom is 0.238 e. The molecule has 2 heterocycles. The molecule has 0 radical (unpaired) electrons. The Bertz CT molecular complexity index is 1040. The minimum Gasteiger partial charge on any atom is -0.341 e. The van der Waals surface area contributed by atoms with Gasteiger partial charge in [0.25, 0.3) is 0 Å². The Kier molecular flexibility index (Phi) is 6.27. The van der Waals surface area contributed by atoms with Gasteiger partial charge in [-0.2, -0.15) is 0 Å². The minimum absolute atomic E-state index is 0.00472. The van der Waals surface area contributed by atoms with Crippen LogP contribution in [0.15, 0.2) is 34.3 Å². The van der Waals surface area contributed by atoms with Gasteiger partial charge in [-0.1, -0.05) is 18.7 Å². The molecular formula is C20H28N6O3S2. The third-order valence-electron chi connectivity index (χ3n) is 5.73. The largest absolute Gasteiger partial charge is 0.341 e. The van der Waals surface area contributed by atoms with Crippen LogP contribution < -0.4 is 15.4 Å². The number of carbonyl (C=O) groups is 1. The van der Waals surface area contributed by atoms with E-state index in [-0.39, 0.29) is 10.8 Å². The summed E-state index contributed by atoms with van der Waals surface area (Å²) in [5.41, 5.74) is 0.511. The third-order valence-corrected chi connectivity index (χ3v) is 7.71. The lowest BCUT2D eigenvalue weighted by atomic mass is 10.00. The maximum atomic E-state index is 12.7. The molecule has 31 heavy (non-hydrogen) atoms. The molecule has 1 atom stereocenters. The van der Waals surface area contributed by atoms with Crippen molar-refractivity contribution in [2.24, 2.45) is 11.1 Å². The number of sulfonamides is 1. The number of benzene rings is 1. The minimum atomic E-state index is -3.76. The summed E-state index contributed by atoms with van der Waals surface area (Å²) in [5.74, 6) is 1.47. The van der Waals surface area contributed by atoms with E-state index in [9.17, 15) is 13.2 Å². The standard InChI is InChI=1S/C20H28N6O3S2/c1-13-9-11-25(12-10-13)19-23-24-20(26(19)16-5-6-16)30-14(2)18(27)22-15-3-7-17(8-4-15)31(21,28)29/h3-4,7-8,13-14,16H,5-6,9-12H2,1-2H3,(H,22,27)(H2,21,28,29). The molecule has 2 fully saturated rings. The predicted molar refractivity (Wildman–Crippen MR) is 121 cm³/mol. The van der Waals surface area contributed by atoms with Gasteiger partial charge in [-0.05, 0) is 62.8 Å². The maximum absolute atomic E-state index is 12.7. The molecule has 1 aromatic carbocycles. The number of hydrogen-bond acceptors (Lipinski definition) is 7. The summed E-state index contributed by atoms with van der Waals surface area (Å²) in [7, 11) is -3.76. The van der Waals surface area contributed by atoms with Crippen molar-refractivity contribution in [3.8, 4) is 0 Å². The van der Waals surface area contributed by atoms with Gasteiger partial charge in [0.1, 0.15) is 0 Å². The average molecular weight is 465 g/mol. The highest BCUT2D eigenvalue weighted by atomic mass is 32.2. The SMILES string of the molecule is CC1CCN(c2nnc(SC(C)C(=O)Nc3ccc(S(N)(=O)=O)cc3)n2C2CC2)CC1. The molecule has 0 spiro atoms. The highest BCUT2D eigenvalue weighted by Gasteiger charge is 2.33. The van der Waals surface area contributed by atoms with Crippen molar-refractivity contribution in [3.05, 3.63) is 24.3 Å². The number of nitrogens with two attached hydrogens (primary N) is 1. The first-order valence-electron chi connectivity index (χ1n) is 10.5. The van der Waals surface area contributed by atoms with Crippen molar-refractivity contribution in [1.29, 1.82) is 0 Å². The summed E-state index contributed by atoms with van der Waals surface area (Å²) >= 11 is 1.39. The Morgan fingerprint density at radius 1 is 1.16 bits per heavy atom. The van der Waals surface area contributed by atoms with E-state index in [1.54, 1.807) is 0 Å². The van der Waals surface area contributed by atoms with Crippen LogP contribution in [0.5, 0.6) is 0 Å². The first-order valence-corrected chi connectivity index (χ1v) is 12.9. The number of aromatic nitrogens is 3. The van der Waals surface area contributed by atoms with Crippen molar-refractivity contribution in [3.63, 3.8) is 0 Å². The number of thioether (sulfide) groups is 1. The summed E-state index contributed by atoms with van der Waals surface area (Å²) < 4.78 is 24.9. The van der Waals surface area contributed by atoms with Crippen LogP contribution in [0, 0.1) is 5.92 Å². The number of nitrogens with zero attached hydrogens (tertiary/aromatic N) is 4. The van der Waals surface area contributed by atoms with Crippen LogP contribution in [0.25, 0.3) is 0 Å². The van der Waals surface area contributed by atoms with E-state index in [0.717, 1.165) is 55.8 Å². The van der Waals surface area contributed by atoms with Crippen LogP contribution in [0.2, 0.25) is 0 Å². The monoisotopic (exact) mass is 464 g/mol. The lowest BCUT2D eigenvalue weighted by Gasteiger charge is -2.31. The molecule has 11 heteroatoms. The highest BCUT2D eigenvalue weighted by Crippen LogP contribution is 2.42. The van der Waals surface area contributed by atoms with Gasteiger partial charge in [0.15, 0.2) is 5.16 Å². The number of rotatable bonds is 7. The molecule has 1 unspecified atom stereocenters. The number of anilines is 2. The van der Waals surface area contributed by atoms with E-state index in [1.807, 2.05) is 6.92 Å². The summed E-state index contributed by atoms with van der Waals surface area (Å²) in [6.45, 7) is 6.09. The molecule has 2 aliphatic rings. The Balaban J connectivity index is 1.43. The zero-order valence-electron chi connectivity index (χ0n) is 17.7. The van der Waals surface area contributed by atoms with Gasteiger partial charge < -0.3 is 10.2 Å². The second-order valence-corrected chi connectivity index (χ2v) is 11.2. The Morgan fingerprint density at radius 2 is 1.81 bits per heavy atom. The third kappa shape index (κ3) is 5.21. The van der Waals surface area contributed by atoms with Gasteiger partial charge in [-0.15, -0.1) is 10.2 Å². The second-order valence-electron chi connectivity index (χ2n) is 8.37. The van der Waals surface area contributed by atoms with Crippen LogP contribution in [-0.2, 0) is 14.8 Å². The van der Waals surface area contributed by atoms with Gasteiger partial charge in [-0.25, -0.2) is 13.6 Å². The lowest BCUT2D eigenvalue weighted by molar-refractivity contribution is -0.115. The molecule has 1 aromatic heterocycles. The summed E-state index contributed by atoms with van der Waals surface area (Å²) in [6.07, 6.45) is 4.53. The van der Waals surface area contributed by atoms with Gasteiger partial charge >= 0.3 is 0 Å². The number of piperidine rings is 1. The van der Waals surface area contributed by atoms with Crippen molar-refractivity contribution >= 4 is 39.3 Å². The van der Waals surface area contributed by atoms with Crippen LogP contribution in [0.4, 0.5) is 11.6 Å². The zero-order chi connectivity index (χ0) is 22.2.